The Bertz CT molecular complexity index is 698. The quantitative estimate of drug-likeness (QED) is 0.455. The normalized spacial score (nSPS) is 10.7. The molecule has 0 saturated heterocycles. The third-order valence-electron chi connectivity index (χ3n) is 2.96. The molecule has 0 spiro atoms. The smallest absolute Gasteiger partial charge is 0.338 e. The standard InChI is InChI=1S/C19H21N3O2/c1-15(14-22(13-11-21)12-5-10-20)16-6-8-17(9-7-16)18(23)24-19(2,3)4/h5-9,12H,1,13-14H2,2-4H3/b12-5-. The predicted octanol–water partition coefficient (Wildman–Crippen LogP) is 3.52. The molecule has 0 unspecified atom stereocenters. The monoisotopic (exact) mass is 323 g/mol. The Morgan fingerprint density at radius 3 is 2.33 bits per heavy atom. The number of allylic oxidation sites excluding steroid dienone is 1. The third kappa shape index (κ3) is 6.37. The SMILES string of the molecule is C=C(CN(/C=C\C#N)CC#N)c1ccc(C(=O)OC(C)(C)C)cc1. The van der Waals surface area contributed by atoms with Crippen molar-refractivity contribution in [3.8, 4) is 12.1 Å². The zero-order chi connectivity index (χ0) is 18.2. The van der Waals surface area contributed by atoms with Crippen LogP contribution in [0.1, 0.15) is 36.7 Å². The Balaban J connectivity index is 2.79. The van der Waals surface area contributed by atoms with Crippen molar-refractivity contribution in [2.75, 3.05) is 13.1 Å². The molecule has 0 amide bonds. The lowest BCUT2D eigenvalue weighted by Crippen LogP contribution is -2.23. The van der Waals surface area contributed by atoms with E-state index in [1.165, 1.54) is 6.08 Å². The molecule has 0 atom stereocenters. The molecular formula is C19H21N3O2. The van der Waals surface area contributed by atoms with Gasteiger partial charge in [-0.1, -0.05) is 18.7 Å². The van der Waals surface area contributed by atoms with Crippen molar-refractivity contribution in [3.63, 3.8) is 0 Å². The molecule has 0 aromatic heterocycles. The molecule has 0 fully saturated rings. The molecule has 1 rings (SSSR count). The highest BCUT2D eigenvalue weighted by Crippen LogP contribution is 2.17. The summed E-state index contributed by atoms with van der Waals surface area (Å²) in [7, 11) is 0. The third-order valence-corrected chi connectivity index (χ3v) is 2.96. The van der Waals surface area contributed by atoms with E-state index >= 15 is 0 Å². The van der Waals surface area contributed by atoms with E-state index in [0.29, 0.717) is 12.1 Å². The summed E-state index contributed by atoms with van der Waals surface area (Å²) >= 11 is 0. The van der Waals surface area contributed by atoms with Gasteiger partial charge in [0.15, 0.2) is 0 Å². The summed E-state index contributed by atoms with van der Waals surface area (Å²) in [5.41, 5.74) is 1.57. The van der Waals surface area contributed by atoms with Crippen molar-refractivity contribution in [2.45, 2.75) is 26.4 Å². The highest BCUT2D eigenvalue weighted by atomic mass is 16.6. The molecule has 0 aliphatic heterocycles. The number of hydrogen-bond acceptors (Lipinski definition) is 5. The Morgan fingerprint density at radius 2 is 1.83 bits per heavy atom. The van der Waals surface area contributed by atoms with Gasteiger partial charge in [-0.3, -0.25) is 0 Å². The van der Waals surface area contributed by atoms with Crippen LogP contribution in [-0.4, -0.2) is 29.6 Å². The lowest BCUT2D eigenvalue weighted by atomic mass is 10.0. The molecule has 0 heterocycles. The second-order valence-corrected chi connectivity index (χ2v) is 6.19. The van der Waals surface area contributed by atoms with E-state index in [0.717, 1.165) is 11.1 Å². The first-order chi connectivity index (χ1) is 11.3. The summed E-state index contributed by atoms with van der Waals surface area (Å²) in [6.07, 6.45) is 2.87. The van der Waals surface area contributed by atoms with Crippen LogP contribution in [0.15, 0.2) is 43.1 Å². The second kappa shape index (κ2) is 8.55. The topological polar surface area (TPSA) is 77.1 Å². The van der Waals surface area contributed by atoms with Gasteiger partial charge >= 0.3 is 5.97 Å². The Labute approximate surface area is 143 Å². The molecule has 0 aliphatic rings. The van der Waals surface area contributed by atoms with Crippen LogP contribution >= 0.6 is 0 Å². The number of benzene rings is 1. The van der Waals surface area contributed by atoms with Crippen LogP contribution in [0.5, 0.6) is 0 Å². The maximum atomic E-state index is 12.0. The van der Waals surface area contributed by atoms with Gasteiger partial charge in [0.05, 0.1) is 17.7 Å². The summed E-state index contributed by atoms with van der Waals surface area (Å²) in [5, 5.41) is 17.4. The van der Waals surface area contributed by atoms with Crippen LogP contribution in [0.3, 0.4) is 0 Å². The maximum Gasteiger partial charge on any atom is 0.338 e. The number of rotatable bonds is 6. The van der Waals surface area contributed by atoms with Gasteiger partial charge in [0, 0.05) is 18.8 Å². The van der Waals surface area contributed by atoms with Crippen LogP contribution in [0, 0.1) is 22.7 Å². The fourth-order valence-corrected chi connectivity index (χ4v) is 1.91. The minimum atomic E-state index is -0.537. The van der Waals surface area contributed by atoms with Crippen molar-refractivity contribution in [2.24, 2.45) is 0 Å². The Hall–Kier alpha value is -3.05. The van der Waals surface area contributed by atoms with Gasteiger partial charge in [-0.25, -0.2) is 4.79 Å². The highest BCUT2D eigenvalue weighted by molar-refractivity contribution is 5.90. The number of carbonyl (C=O) groups excluding carboxylic acids is 1. The molecule has 0 saturated carbocycles. The van der Waals surface area contributed by atoms with Crippen molar-refractivity contribution in [1.82, 2.24) is 4.90 Å². The first kappa shape index (κ1) is 19.0. The molecule has 0 bridgehead atoms. The Morgan fingerprint density at radius 1 is 1.25 bits per heavy atom. The second-order valence-electron chi connectivity index (χ2n) is 6.19. The summed E-state index contributed by atoms with van der Waals surface area (Å²) in [5.74, 6) is -0.372. The summed E-state index contributed by atoms with van der Waals surface area (Å²) in [6, 6.07) is 10.9. The summed E-state index contributed by atoms with van der Waals surface area (Å²) in [4.78, 5) is 13.7. The average Bonchev–Trinajstić information content (AvgIpc) is 2.51. The minimum absolute atomic E-state index is 0.160. The summed E-state index contributed by atoms with van der Waals surface area (Å²) in [6.45, 7) is 10.0. The molecule has 0 aliphatic carbocycles. The molecule has 24 heavy (non-hydrogen) atoms. The van der Waals surface area contributed by atoms with E-state index < -0.39 is 5.60 Å². The fraction of sp³-hybridized carbons (Fsp3) is 0.316. The van der Waals surface area contributed by atoms with E-state index in [1.807, 2.05) is 32.9 Å². The van der Waals surface area contributed by atoms with Crippen LogP contribution < -0.4 is 0 Å². The van der Waals surface area contributed by atoms with Gasteiger partial charge < -0.3 is 9.64 Å². The predicted molar refractivity (Wildman–Crippen MR) is 92.6 cm³/mol. The Kier molecular flexibility index (Phi) is 6.77. The van der Waals surface area contributed by atoms with E-state index in [4.69, 9.17) is 15.3 Å². The summed E-state index contributed by atoms with van der Waals surface area (Å²) < 4.78 is 5.32. The van der Waals surface area contributed by atoms with Gasteiger partial charge in [-0.05, 0) is 44.0 Å². The molecule has 5 heteroatoms. The zero-order valence-corrected chi connectivity index (χ0v) is 14.2. The van der Waals surface area contributed by atoms with E-state index in [-0.39, 0.29) is 12.5 Å². The fourth-order valence-electron chi connectivity index (χ4n) is 1.91. The minimum Gasteiger partial charge on any atom is -0.456 e. The molecular weight excluding hydrogens is 302 g/mol. The number of esters is 1. The number of nitrogens with zero attached hydrogens (tertiary/aromatic N) is 3. The largest absolute Gasteiger partial charge is 0.456 e. The highest BCUT2D eigenvalue weighted by Gasteiger charge is 2.17. The zero-order valence-electron chi connectivity index (χ0n) is 14.2. The lowest BCUT2D eigenvalue weighted by Gasteiger charge is -2.20. The first-order valence-corrected chi connectivity index (χ1v) is 7.45. The van der Waals surface area contributed by atoms with Crippen LogP contribution in [0.2, 0.25) is 0 Å². The van der Waals surface area contributed by atoms with E-state index in [9.17, 15) is 4.79 Å². The van der Waals surface area contributed by atoms with Gasteiger partial charge in [-0.15, -0.1) is 0 Å². The van der Waals surface area contributed by atoms with E-state index in [2.05, 4.69) is 6.58 Å². The van der Waals surface area contributed by atoms with Gasteiger partial charge in [0.2, 0.25) is 0 Å². The molecule has 124 valence electrons. The number of carbonyl (C=O) groups is 1. The van der Waals surface area contributed by atoms with Crippen molar-refractivity contribution >= 4 is 11.5 Å². The molecule has 0 radical (unpaired) electrons. The van der Waals surface area contributed by atoms with Crippen LogP contribution in [-0.2, 0) is 4.74 Å². The van der Waals surface area contributed by atoms with Crippen LogP contribution in [0.4, 0.5) is 0 Å². The van der Waals surface area contributed by atoms with Gasteiger partial charge in [-0.2, -0.15) is 10.5 Å². The molecule has 5 nitrogen and oxygen atoms in total. The lowest BCUT2D eigenvalue weighted by molar-refractivity contribution is 0.00695. The molecule has 1 aromatic rings. The van der Waals surface area contributed by atoms with E-state index in [1.54, 1.807) is 35.4 Å². The van der Waals surface area contributed by atoms with Gasteiger partial charge in [0.1, 0.15) is 12.1 Å². The number of ether oxygens (including phenoxy) is 1. The van der Waals surface area contributed by atoms with Crippen molar-refractivity contribution < 1.29 is 9.53 Å². The first-order valence-electron chi connectivity index (χ1n) is 7.45. The maximum absolute atomic E-state index is 12.0. The van der Waals surface area contributed by atoms with Crippen molar-refractivity contribution in [1.29, 1.82) is 10.5 Å². The van der Waals surface area contributed by atoms with Gasteiger partial charge in [0.25, 0.3) is 0 Å². The van der Waals surface area contributed by atoms with Crippen molar-refractivity contribution in [3.05, 3.63) is 54.2 Å². The number of nitriles is 2. The molecule has 1 aromatic carbocycles. The number of hydrogen-bond donors (Lipinski definition) is 0. The molecule has 0 N–H and O–H groups in total. The average molecular weight is 323 g/mol. The van der Waals surface area contributed by atoms with Crippen LogP contribution in [0.25, 0.3) is 5.57 Å².